The van der Waals surface area contributed by atoms with E-state index in [4.69, 9.17) is 0 Å². The molecule has 5 nitrogen and oxygen atoms in total. The van der Waals surface area contributed by atoms with E-state index in [1.165, 1.54) is 0 Å². The van der Waals surface area contributed by atoms with Crippen molar-refractivity contribution in [1.82, 2.24) is 15.2 Å². The Morgan fingerprint density at radius 2 is 2.14 bits per heavy atom. The quantitative estimate of drug-likeness (QED) is 0.916. The van der Waals surface area contributed by atoms with Crippen LogP contribution in [0.25, 0.3) is 0 Å². The number of nitrogens with zero attached hydrogens (tertiary/aromatic N) is 2. The predicted octanol–water partition coefficient (Wildman–Crippen LogP) is 1.49. The Hall–Kier alpha value is -1.91. The minimum Gasteiger partial charge on any atom is -0.342 e. The van der Waals surface area contributed by atoms with Gasteiger partial charge in [-0.05, 0) is 44.7 Å². The van der Waals surface area contributed by atoms with Crippen molar-refractivity contribution in [2.24, 2.45) is 5.92 Å². The number of rotatable bonds is 3. The van der Waals surface area contributed by atoms with Gasteiger partial charge in [-0.1, -0.05) is 6.07 Å². The molecule has 2 unspecified atom stereocenters. The highest BCUT2D eigenvalue weighted by Gasteiger charge is 2.52. The van der Waals surface area contributed by atoms with Crippen LogP contribution in [-0.4, -0.2) is 33.3 Å². The molecule has 1 aromatic heterocycles. The third-order valence-corrected chi connectivity index (χ3v) is 4.57. The summed E-state index contributed by atoms with van der Waals surface area (Å²) >= 11 is 0. The molecule has 1 N–H and O–H groups in total. The van der Waals surface area contributed by atoms with Crippen LogP contribution in [0.3, 0.4) is 0 Å². The summed E-state index contributed by atoms with van der Waals surface area (Å²) in [6.45, 7) is 4.26. The molecule has 2 amide bonds. The number of hydrogen-bond donors (Lipinski definition) is 1. The summed E-state index contributed by atoms with van der Waals surface area (Å²) in [6.07, 6.45) is 4.09. The van der Waals surface area contributed by atoms with Crippen molar-refractivity contribution in [2.45, 2.75) is 51.2 Å². The highest BCUT2D eigenvalue weighted by atomic mass is 16.2. The molecular formula is C16H21N3O2. The molecule has 1 aliphatic heterocycles. The number of aromatic nitrogens is 1. The van der Waals surface area contributed by atoms with Crippen LogP contribution in [0.4, 0.5) is 0 Å². The summed E-state index contributed by atoms with van der Waals surface area (Å²) < 4.78 is 0. The molecule has 1 aromatic rings. The second-order valence-corrected chi connectivity index (χ2v) is 6.33. The normalized spacial score (nSPS) is 30.0. The largest absolute Gasteiger partial charge is 0.342 e. The molecule has 5 heteroatoms. The summed E-state index contributed by atoms with van der Waals surface area (Å²) in [4.78, 5) is 31.2. The van der Waals surface area contributed by atoms with Crippen LogP contribution in [-0.2, 0) is 16.1 Å². The summed E-state index contributed by atoms with van der Waals surface area (Å²) in [7, 11) is 0. The number of carbonyl (C=O) groups is 2. The lowest BCUT2D eigenvalue weighted by molar-refractivity contribution is -0.141. The number of pyridine rings is 1. The molecule has 2 aliphatic rings. The molecule has 0 bridgehead atoms. The molecule has 0 aromatic carbocycles. The molecule has 2 fully saturated rings. The first-order valence-electron chi connectivity index (χ1n) is 7.52. The maximum absolute atomic E-state index is 13.0. The Bertz CT molecular complexity index is 556. The highest BCUT2D eigenvalue weighted by Crippen LogP contribution is 2.42. The average molecular weight is 287 g/mol. The molecule has 1 saturated heterocycles. The van der Waals surface area contributed by atoms with Crippen molar-refractivity contribution < 1.29 is 9.59 Å². The van der Waals surface area contributed by atoms with E-state index in [9.17, 15) is 9.59 Å². The molecule has 2 atom stereocenters. The van der Waals surface area contributed by atoms with Crippen LogP contribution >= 0.6 is 0 Å². The molecule has 3 rings (SSSR count). The van der Waals surface area contributed by atoms with Crippen LogP contribution in [0.1, 0.15) is 38.8 Å². The van der Waals surface area contributed by atoms with Crippen LogP contribution in [0.2, 0.25) is 0 Å². The van der Waals surface area contributed by atoms with Gasteiger partial charge in [-0.25, -0.2) is 0 Å². The minimum atomic E-state index is -0.753. The zero-order chi connectivity index (χ0) is 15.0. The van der Waals surface area contributed by atoms with Crippen LogP contribution in [0.5, 0.6) is 0 Å². The van der Waals surface area contributed by atoms with Gasteiger partial charge in [0.25, 0.3) is 0 Å². The minimum absolute atomic E-state index is 0.0222. The highest BCUT2D eigenvalue weighted by molar-refractivity contribution is 5.94. The Morgan fingerprint density at radius 1 is 1.38 bits per heavy atom. The van der Waals surface area contributed by atoms with E-state index >= 15 is 0 Å². The van der Waals surface area contributed by atoms with E-state index in [-0.39, 0.29) is 23.8 Å². The zero-order valence-electron chi connectivity index (χ0n) is 12.5. The summed E-state index contributed by atoms with van der Waals surface area (Å²) in [5.74, 6) is 0.258. The first kappa shape index (κ1) is 14.0. The third-order valence-electron chi connectivity index (χ3n) is 4.57. The fourth-order valence-corrected chi connectivity index (χ4v) is 3.10. The molecule has 0 spiro atoms. The van der Waals surface area contributed by atoms with Crippen LogP contribution < -0.4 is 5.32 Å². The van der Waals surface area contributed by atoms with E-state index in [0.717, 1.165) is 18.5 Å². The lowest BCUT2D eigenvalue weighted by atomic mass is 9.94. The van der Waals surface area contributed by atoms with Gasteiger partial charge >= 0.3 is 0 Å². The number of hydrogen-bond acceptors (Lipinski definition) is 3. The van der Waals surface area contributed by atoms with Gasteiger partial charge in [0, 0.05) is 18.7 Å². The zero-order valence-corrected chi connectivity index (χ0v) is 12.5. The fraction of sp³-hybridized carbons (Fsp3) is 0.562. The smallest absolute Gasteiger partial charge is 0.248 e. The van der Waals surface area contributed by atoms with Crippen molar-refractivity contribution in [1.29, 1.82) is 0 Å². The van der Waals surface area contributed by atoms with Crippen LogP contribution in [0.15, 0.2) is 24.4 Å². The Balaban J connectivity index is 1.89. The predicted molar refractivity (Wildman–Crippen MR) is 78.1 cm³/mol. The monoisotopic (exact) mass is 287 g/mol. The molecule has 21 heavy (non-hydrogen) atoms. The second-order valence-electron chi connectivity index (χ2n) is 6.33. The van der Waals surface area contributed by atoms with Gasteiger partial charge in [-0.15, -0.1) is 0 Å². The average Bonchev–Trinajstić information content (AvgIpc) is 3.29. The van der Waals surface area contributed by atoms with Crippen molar-refractivity contribution in [3.8, 4) is 0 Å². The number of nitrogens with one attached hydrogen (secondary N) is 1. The number of amides is 2. The lowest BCUT2D eigenvalue weighted by Crippen LogP contribution is -2.57. The van der Waals surface area contributed by atoms with Gasteiger partial charge in [0.1, 0.15) is 5.54 Å². The lowest BCUT2D eigenvalue weighted by Gasteiger charge is -2.34. The number of carbonyl (C=O) groups excluding carboxylic acids is 2. The molecule has 1 aliphatic carbocycles. The van der Waals surface area contributed by atoms with Gasteiger partial charge < -0.3 is 10.2 Å². The third kappa shape index (κ3) is 2.64. The van der Waals surface area contributed by atoms with Crippen LogP contribution in [0, 0.1) is 5.92 Å². The Labute approximate surface area is 124 Å². The van der Waals surface area contributed by atoms with E-state index in [1.807, 2.05) is 32.0 Å². The molecule has 2 heterocycles. The SMILES string of the molecule is CC1CC(=O)NC(C)(C2CC2)C(=O)N1Cc1ccccn1. The molecule has 1 saturated carbocycles. The fourth-order valence-electron chi connectivity index (χ4n) is 3.10. The maximum Gasteiger partial charge on any atom is 0.248 e. The summed E-state index contributed by atoms with van der Waals surface area (Å²) in [6, 6.07) is 5.57. The summed E-state index contributed by atoms with van der Waals surface area (Å²) in [5.41, 5.74) is 0.0987. The van der Waals surface area contributed by atoms with Crippen molar-refractivity contribution in [3.05, 3.63) is 30.1 Å². The van der Waals surface area contributed by atoms with E-state index in [1.54, 1.807) is 11.1 Å². The van der Waals surface area contributed by atoms with Crippen molar-refractivity contribution >= 4 is 11.8 Å². The molecular weight excluding hydrogens is 266 g/mol. The Kier molecular flexibility index (Phi) is 3.43. The van der Waals surface area contributed by atoms with E-state index in [0.29, 0.717) is 13.0 Å². The molecule has 0 radical (unpaired) electrons. The second kappa shape index (κ2) is 5.13. The van der Waals surface area contributed by atoms with E-state index in [2.05, 4.69) is 10.3 Å². The van der Waals surface area contributed by atoms with E-state index < -0.39 is 5.54 Å². The first-order chi connectivity index (χ1) is 10.0. The standard InChI is InChI=1S/C16H21N3O2/c1-11-9-14(20)18-16(2,12-6-7-12)15(21)19(11)10-13-5-3-4-8-17-13/h3-5,8,11-12H,6-7,9-10H2,1-2H3,(H,18,20). The summed E-state index contributed by atoms with van der Waals surface area (Å²) in [5, 5.41) is 2.96. The molecule has 112 valence electrons. The van der Waals surface area contributed by atoms with Gasteiger partial charge in [-0.2, -0.15) is 0 Å². The topological polar surface area (TPSA) is 62.3 Å². The Morgan fingerprint density at radius 3 is 2.76 bits per heavy atom. The van der Waals surface area contributed by atoms with Gasteiger partial charge in [-0.3, -0.25) is 14.6 Å². The first-order valence-corrected chi connectivity index (χ1v) is 7.52. The van der Waals surface area contributed by atoms with Gasteiger partial charge in [0.15, 0.2) is 0 Å². The van der Waals surface area contributed by atoms with Crippen molar-refractivity contribution in [3.63, 3.8) is 0 Å². The maximum atomic E-state index is 13.0. The van der Waals surface area contributed by atoms with Gasteiger partial charge in [0.2, 0.25) is 11.8 Å². The van der Waals surface area contributed by atoms with Crippen molar-refractivity contribution in [2.75, 3.05) is 0 Å². The van der Waals surface area contributed by atoms with Gasteiger partial charge in [0.05, 0.1) is 12.2 Å².